The molecule has 49 heavy (non-hydrogen) atoms. The van der Waals surface area contributed by atoms with Crippen LogP contribution in [0.5, 0.6) is 0 Å². The molecule has 0 radical (unpaired) electrons. The van der Waals surface area contributed by atoms with Crippen LogP contribution in [0.2, 0.25) is 0 Å². The van der Waals surface area contributed by atoms with E-state index in [9.17, 15) is 35.4 Å². The molecule has 13 heteroatoms. The highest BCUT2D eigenvalue weighted by Crippen LogP contribution is 2.70. The highest BCUT2D eigenvalue weighted by atomic mass is 16.7. The SMILES string of the molecule is CO[C@H]1C[C@@H](O[C@H]2CC[C@]3(C)[C@@H]4CC[C@@]5(C)[C@H](C6=CC(=O)OC6)CC[C@]5(O)[C@H]4CC[C@@]3(O)C2)O[C@H](C)[C@@H]1O[C@H]1O[C@@H](CO)[C@H](O)[C@@H](O)[C@@H]1O. The Bertz CT molecular complexity index is 1280. The monoisotopic (exact) mass is 696 g/mol. The van der Waals surface area contributed by atoms with Crippen LogP contribution in [-0.4, -0.2) is 130 Å². The van der Waals surface area contributed by atoms with Gasteiger partial charge in [0.2, 0.25) is 0 Å². The number of hydrogen-bond donors (Lipinski definition) is 6. The first-order chi connectivity index (χ1) is 23.2. The van der Waals surface area contributed by atoms with Crippen molar-refractivity contribution < 1.29 is 63.9 Å². The van der Waals surface area contributed by atoms with Gasteiger partial charge in [0.1, 0.15) is 37.1 Å². The van der Waals surface area contributed by atoms with Crippen LogP contribution in [0.4, 0.5) is 0 Å². The molecule has 0 unspecified atom stereocenters. The Balaban J connectivity index is 0.994. The van der Waals surface area contributed by atoms with E-state index in [1.54, 1.807) is 20.1 Å². The van der Waals surface area contributed by atoms with Crippen molar-refractivity contribution in [2.75, 3.05) is 20.3 Å². The minimum Gasteiger partial charge on any atom is -0.458 e. The number of carbonyl (C=O) groups is 1. The number of esters is 1. The zero-order valence-electron chi connectivity index (χ0n) is 29.1. The van der Waals surface area contributed by atoms with Crippen molar-refractivity contribution in [2.24, 2.45) is 28.6 Å². The maximum atomic E-state index is 12.5. The average molecular weight is 697 g/mol. The van der Waals surface area contributed by atoms with Crippen molar-refractivity contribution in [3.05, 3.63) is 11.6 Å². The van der Waals surface area contributed by atoms with Crippen molar-refractivity contribution in [1.29, 1.82) is 0 Å². The largest absolute Gasteiger partial charge is 0.458 e. The standard InChI is InChI=1S/C36H56O13/c1-18-31(49-32-30(41)29(40)28(39)25(16-37)48-32)24(44-4)14-27(46-18)47-20-5-9-33(2)22-6-10-34(3)21(19-13-26(38)45-17-19)8-12-36(34,43)23(22)7-11-35(33,42)15-20/h13,18,20-25,27-32,37,39-43H,5-12,14-17H2,1-4H3/t18-,20+,21+,22-,23+,24+,25+,27-,28+,29-,30+,31+,32-,33-,34+,35-,36+/m1/s1. The minimum absolute atomic E-state index is 0.0724. The van der Waals surface area contributed by atoms with Gasteiger partial charge in [-0.25, -0.2) is 4.79 Å². The van der Waals surface area contributed by atoms with Crippen LogP contribution in [0.25, 0.3) is 0 Å². The molecule has 0 aromatic heterocycles. The van der Waals surface area contributed by atoms with E-state index >= 15 is 0 Å². The third-order valence-electron chi connectivity index (χ3n) is 14.5. The van der Waals surface area contributed by atoms with Crippen LogP contribution in [0.1, 0.15) is 85.0 Å². The highest BCUT2D eigenvalue weighted by Gasteiger charge is 2.70. The zero-order valence-corrected chi connectivity index (χ0v) is 29.1. The first kappa shape index (κ1) is 36.1. The molecule has 0 aromatic carbocycles. The fraction of sp³-hybridized carbons (Fsp3) is 0.917. The summed E-state index contributed by atoms with van der Waals surface area (Å²) in [7, 11) is 1.55. The summed E-state index contributed by atoms with van der Waals surface area (Å²) in [5.74, 6) is 0.0783. The number of rotatable bonds is 7. The smallest absolute Gasteiger partial charge is 0.331 e. The molecule has 17 atom stereocenters. The number of aliphatic hydroxyl groups is 6. The molecule has 0 bridgehead atoms. The lowest BCUT2D eigenvalue weighted by molar-refractivity contribution is -0.347. The second-order valence-electron chi connectivity index (χ2n) is 16.6. The molecule has 0 spiro atoms. The Hall–Kier alpha value is -1.23. The summed E-state index contributed by atoms with van der Waals surface area (Å²) in [6.45, 7) is 5.98. The molecule has 7 aliphatic rings. The Morgan fingerprint density at radius 1 is 0.898 bits per heavy atom. The lowest BCUT2D eigenvalue weighted by Crippen LogP contribution is -2.67. The number of fused-ring (bicyclic) bond motifs is 5. The number of methoxy groups -OCH3 is 1. The van der Waals surface area contributed by atoms with Crippen LogP contribution < -0.4 is 0 Å². The summed E-state index contributed by atoms with van der Waals surface area (Å²) in [4.78, 5) is 11.9. The summed E-state index contributed by atoms with van der Waals surface area (Å²) >= 11 is 0. The maximum absolute atomic E-state index is 12.5. The molecule has 3 aliphatic heterocycles. The van der Waals surface area contributed by atoms with Gasteiger partial charge in [-0.2, -0.15) is 0 Å². The number of hydrogen-bond acceptors (Lipinski definition) is 13. The molecular formula is C36H56O13. The molecule has 6 fully saturated rings. The van der Waals surface area contributed by atoms with Crippen LogP contribution >= 0.6 is 0 Å². The van der Waals surface area contributed by atoms with E-state index in [4.69, 9.17) is 28.4 Å². The summed E-state index contributed by atoms with van der Waals surface area (Å²) in [5.41, 5.74) is -1.52. The van der Waals surface area contributed by atoms with Gasteiger partial charge < -0.3 is 59.1 Å². The van der Waals surface area contributed by atoms with Gasteiger partial charge in [-0.15, -0.1) is 0 Å². The van der Waals surface area contributed by atoms with Crippen molar-refractivity contribution in [3.8, 4) is 0 Å². The third kappa shape index (κ3) is 5.65. The summed E-state index contributed by atoms with van der Waals surface area (Å²) in [5, 5.41) is 65.4. The normalized spacial score (nSPS) is 54.4. The van der Waals surface area contributed by atoms with Crippen molar-refractivity contribution >= 4 is 5.97 Å². The predicted molar refractivity (Wildman–Crippen MR) is 170 cm³/mol. The van der Waals surface area contributed by atoms with E-state index in [0.717, 1.165) is 44.1 Å². The van der Waals surface area contributed by atoms with Crippen molar-refractivity contribution in [3.63, 3.8) is 0 Å². The fourth-order valence-electron chi connectivity index (χ4n) is 11.5. The third-order valence-corrected chi connectivity index (χ3v) is 14.5. The second kappa shape index (κ2) is 13.0. The van der Waals surface area contributed by atoms with E-state index in [1.807, 2.05) is 0 Å². The van der Waals surface area contributed by atoms with Gasteiger partial charge in [-0.05, 0) is 87.0 Å². The highest BCUT2D eigenvalue weighted by molar-refractivity contribution is 5.85. The summed E-state index contributed by atoms with van der Waals surface area (Å²) < 4.78 is 35.4. The zero-order chi connectivity index (χ0) is 35.1. The molecule has 6 N–H and O–H groups in total. The first-order valence-electron chi connectivity index (χ1n) is 18.3. The second-order valence-corrected chi connectivity index (χ2v) is 16.6. The fourth-order valence-corrected chi connectivity index (χ4v) is 11.5. The molecule has 4 saturated carbocycles. The van der Waals surface area contributed by atoms with Gasteiger partial charge in [-0.3, -0.25) is 0 Å². The topological polar surface area (TPSA) is 194 Å². The Morgan fingerprint density at radius 2 is 1.63 bits per heavy atom. The van der Waals surface area contributed by atoms with E-state index in [2.05, 4.69) is 13.8 Å². The van der Waals surface area contributed by atoms with Gasteiger partial charge in [0, 0.05) is 31.4 Å². The number of aliphatic hydroxyl groups excluding tert-OH is 4. The molecule has 2 saturated heterocycles. The molecule has 3 heterocycles. The molecule has 7 rings (SSSR count). The van der Waals surface area contributed by atoms with Crippen molar-refractivity contribution in [2.45, 2.75) is 158 Å². The van der Waals surface area contributed by atoms with E-state index in [0.29, 0.717) is 32.3 Å². The number of cyclic esters (lactones) is 1. The average Bonchev–Trinajstić information content (AvgIpc) is 3.61. The van der Waals surface area contributed by atoms with E-state index in [-0.39, 0.29) is 40.7 Å². The van der Waals surface area contributed by atoms with Gasteiger partial charge in [-0.1, -0.05) is 13.8 Å². The Kier molecular flexibility index (Phi) is 9.60. The molecule has 278 valence electrons. The maximum Gasteiger partial charge on any atom is 0.331 e. The lowest BCUT2D eigenvalue weighted by atomic mass is 9.42. The molecular weight excluding hydrogens is 640 g/mol. The molecule has 0 aromatic rings. The van der Waals surface area contributed by atoms with E-state index in [1.165, 1.54) is 0 Å². The molecule has 0 amide bonds. The van der Waals surface area contributed by atoms with Crippen LogP contribution in [-0.2, 0) is 33.2 Å². The summed E-state index contributed by atoms with van der Waals surface area (Å²) in [6.07, 6.45) is -1.10. The first-order valence-corrected chi connectivity index (χ1v) is 18.3. The van der Waals surface area contributed by atoms with Crippen LogP contribution in [0, 0.1) is 28.6 Å². The minimum atomic E-state index is -1.56. The summed E-state index contributed by atoms with van der Waals surface area (Å²) in [6, 6.07) is 0. The van der Waals surface area contributed by atoms with Crippen LogP contribution in [0.15, 0.2) is 11.6 Å². The molecule has 13 nitrogen and oxygen atoms in total. The van der Waals surface area contributed by atoms with Gasteiger partial charge in [0.05, 0.1) is 36.1 Å². The van der Waals surface area contributed by atoms with Crippen molar-refractivity contribution in [1.82, 2.24) is 0 Å². The van der Waals surface area contributed by atoms with Crippen LogP contribution in [0.3, 0.4) is 0 Å². The Morgan fingerprint density at radius 3 is 2.33 bits per heavy atom. The lowest BCUT2D eigenvalue weighted by Gasteiger charge is -2.66. The van der Waals surface area contributed by atoms with Gasteiger partial charge in [0.25, 0.3) is 0 Å². The number of ether oxygens (including phenoxy) is 6. The molecule has 4 aliphatic carbocycles. The Labute approximate surface area is 287 Å². The van der Waals surface area contributed by atoms with E-state index < -0.39 is 73.1 Å². The number of carbonyl (C=O) groups excluding carboxylic acids is 1. The van der Waals surface area contributed by atoms with Gasteiger partial charge >= 0.3 is 5.97 Å². The predicted octanol–water partition coefficient (Wildman–Crippen LogP) is 1.08. The van der Waals surface area contributed by atoms with Gasteiger partial charge in [0.15, 0.2) is 12.6 Å². The quantitative estimate of drug-likeness (QED) is 0.164.